The molecule has 4 N–H and O–H groups in total. The zero-order chi connectivity index (χ0) is 22.8. The summed E-state index contributed by atoms with van der Waals surface area (Å²) in [5.41, 5.74) is 7.71. The van der Waals surface area contributed by atoms with Gasteiger partial charge in [0, 0.05) is 39.3 Å². The summed E-state index contributed by atoms with van der Waals surface area (Å²) < 4.78 is 20.1. The van der Waals surface area contributed by atoms with E-state index in [4.69, 9.17) is 10.5 Å². The van der Waals surface area contributed by atoms with E-state index < -0.39 is 0 Å². The van der Waals surface area contributed by atoms with Crippen molar-refractivity contribution in [2.24, 2.45) is 4.99 Å². The molecule has 0 unspecified atom stereocenters. The van der Waals surface area contributed by atoms with Crippen LogP contribution in [0.2, 0.25) is 0 Å². The summed E-state index contributed by atoms with van der Waals surface area (Å²) in [4.78, 5) is 6.99. The smallest absolute Gasteiger partial charge is 0.191 e. The van der Waals surface area contributed by atoms with Crippen molar-refractivity contribution < 1.29 is 9.13 Å². The molecule has 2 heterocycles. The molecule has 0 amide bonds. The number of rotatable bonds is 9. The number of nitrogen functional groups attached to an aromatic ring is 1. The zero-order valence-electron chi connectivity index (χ0n) is 18.5. The van der Waals surface area contributed by atoms with E-state index in [0.29, 0.717) is 36.3 Å². The highest BCUT2D eigenvalue weighted by atomic mass is 19.1. The van der Waals surface area contributed by atoms with E-state index in [2.05, 4.69) is 31.7 Å². The molecule has 0 spiro atoms. The number of halogens is 1. The van der Waals surface area contributed by atoms with Crippen LogP contribution in [0.25, 0.3) is 5.69 Å². The van der Waals surface area contributed by atoms with Crippen LogP contribution in [0, 0.1) is 17.1 Å². The van der Waals surface area contributed by atoms with Gasteiger partial charge in [-0.1, -0.05) is 0 Å². The molecule has 10 heteroatoms. The van der Waals surface area contributed by atoms with Crippen LogP contribution >= 0.6 is 0 Å². The first kappa shape index (κ1) is 23.5. The number of nitrogens with one attached hydrogen (secondary N) is 2. The summed E-state index contributed by atoms with van der Waals surface area (Å²) in [6, 6.07) is 7.98. The van der Waals surface area contributed by atoms with Gasteiger partial charge in [0.2, 0.25) is 0 Å². The lowest BCUT2D eigenvalue weighted by atomic mass is 10.1. The Bertz CT molecular complexity index is 929. The van der Waals surface area contributed by atoms with Crippen molar-refractivity contribution in [1.29, 1.82) is 5.26 Å². The standard InChI is InChI=1S/C22H31FN8O/c1-2-26-22(28-10-11-30-12-14-32-15-13-30)27-9-3-4-20-19(16-24)21(25)31(29-20)18-7-5-17(23)6-8-18/h5-8H,2-4,9-15,25H2,1H3,(H2,26,27,28). The highest BCUT2D eigenvalue weighted by molar-refractivity contribution is 5.79. The maximum atomic E-state index is 13.2. The van der Waals surface area contributed by atoms with Crippen LogP contribution in [-0.2, 0) is 11.2 Å². The van der Waals surface area contributed by atoms with Gasteiger partial charge >= 0.3 is 0 Å². The summed E-state index contributed by atoms with van der Waals surface area (Å²) in [6.45, 7) is 8.66. The molecule has 0 radical (unpaired) electrons. The predicted octanol–water partition coefficient (Wildman–Crippen LogP) is 1.29. The molecule has 1 saturated heterocycles. The number of aryl methyl sites for hydroxylation is 1. The minimum atomic E-state index is -0.340. The first-order valence-corrected chi connectivity index (χ1v) is 11.0. The Kier molecular flexibility index (Phi) is 8.83. The highest BCUT2D eigenvalue weighted by Crippen LogP contribution is 2.21. The fraction of sp³-hybridized carbons (Fsp3) is 0.500. The van der Waals surface area contributed by atoms with Crippen molar-refractivity contribution in [3.8, 4) is 11.8 Å². The zero-order valence-corrected chi connectivity index (χ0v) is 18.5. The molecule has 0 aliphatic carbocycles. The Labute approximate surface area is 188 Å². The number of aliphatic imine (C=N–C) groups is 1. The van der Waals surface area contributed by atoms with Crippen LogP contribution in [0.3, 0.4) is 0 Å². The maximum Gasteiger partial charge on any atom is 0.191 e. The third-order valence-corrected chi connectivity index (χ3v) is 5.19. The fourth-order valence-electron chi connectivity index (χ4n) is 3.49. The molecule has 0 bridgehead atoms. The third-order valence-electron chi connectivity index (χ3n) is 5.19. The second kappa shape index (κ2) is 12.0. The summed E-state index contributed by atoms with van der Waals surface area (Å²) >= 11 is 0. The summed E-state index contributed by atoms with van der Waals surface area (Å²) in [7, 11) is 0. The SMILES string of the molecule is CCNC(=NCCCc1nn(-c2ccc(F)cc2)c(N)c1C#N)NCCN1CCOCC1. The van der Waals surface area contributed by atoms with Gasteiger partial charge < -0.3 is 21.1 Å². The van der Waals surface area contributed by atoms with Gasteiger partial charge in [0.05, 0.1) is 24.6 Å². The van der Waals surface area contributed by atoms with Crippen LogP contribution in [0.4, 0.5) is 10.2 Å². The van der Waals surface area contributed by atoms with Gasteiger partial charge in [-0.05, 0) is 44.0 Å². The van der Waals surface area contributed by atoms with E-state index in [1.165, 1.54) is 16.8 Å². The Hall–Kier alpha value is -3.16. The predicted molar refractivity (Wildman–Crippen MR) is 122 cm³/mol. The molecule has 1 aliphatic rings. The molecule has 1 aromatic carbocycles. The van der Waals surface area contributed by atoms with E-state index in [9.17, 15) is 9.65 Å². The monoisotopic (exact) mass is 442 g/mol. The number of hydrogen-bond donors (Lipinski definition) is 3. The molecule has 0 atom stereocenters. The van der Waals surface area contributed by atoms with Gasteiger partial charge in [0.25, 0.3) is 0 Å². The largest absolute Gasteiger partial charge is 0.382 e. The number of anilines is 1. The number of nitriles is 1. The van der Waals surface area contributed by atoms with Gasteiger partial charge in [-0.3, -0.25) is 9.89 Å². The molecule has 3 rings (SSSR count). The summed E-state index contributed by atoms with van der Waals surface area (Å²) in [5, 5.41) is 20.6. The van der Waals surface area contributed by atoms with Crippen LogP contribution in [0.1, 0.15) is 24.6 Å². The number of nitrogens with zero attached hydrogens (tertiary/aromatic N) is 5. The van der Waals surface area contributed by atoms with Gasteiger partial charge in [-0.2, -0.15) is 10.4 Å². The number of ether oxygens (including phenoxy) is 1. The van der Waals surface area contributed by atoms with Crippen molar-refractivity contribution in [3.05, 3.63) is 41.3 Å². The molecule has 1 aliphatic heterocycles. The van der Waals surface area contributed by atoms with Gasteiger partial charge in [-0.15, -0.1) is 0 Å². The molecule has 32 heavy (non-hydrogen) atoms. The lowest BCUT2D eigenvalue weighted by Crippen LogP contribution is -2.44. The topological polar surface area (TPSA) is 117 Å². The van der Waals surface area contributed by atoms with Crippen molar-refractivity contribution in [1.82, 2.24) is 25.3 Å². The van der Waals surface area contributed by atoms with Gasteiger partial charge in [-0.25, -0.2) is 9.07 Å². The average Bonchev–Trinajstić information content (AvgIpc) is 3.13. The third kappa shape index (κ3) is 6.42. The Morgan fingerprint density at radius 2 is 2.03 bits per heavy atom. The number of nitrogens with two attached hydrogens (primary N) is 1. The van der Waals surface area contributed by atoms with Crippen molar-refractivity contribution in [2.75, 3.05) is 58.2 Å². The molecule has 172 valence electrons. The molecule has 1 fully saturated rings. The lowest BCUT2D eigenvalue weighted by Gasteiger charge is -2.26. The average molecular weight is 443 g/mol. The lowest BCUT2D eigenvalue weighted by molar-refractivity contribution is 0.0389. The Balaban J connectivity index is 1.54. The number of benzene rings is 1. The quantitative estimate of drug-likeness (QED) is 0.304. The van der Waals surface area contributed by atoms with Gasteiger partial charge in [0.15, 0.2) is 5.96 Å². The van der Waals surface area contributed by atoms with Gasteiger partial charge in [0.1, 0.15) is 23.3 Å². The van der Waals surface area contributed by atoms with Crippen molar-refractivity contribution in [2.45, 2.75) is 19.8 Å². The number of hydrogen-bond acceptors (Lipinski definition) is 6. The normalized spacial score (nSPS) is 14.8. The molecular formula is C22H31FN8O. The van der Waals surface area contributed by atoms with Crippen molar-refractivity contribution in [3.63, 3.8) is 0 Å². The van der Waals surface area contributed by atoms with Crippen molar-refractivity contribution >= 4 is 11.8 Å². The molecule has 2 aromatic rings. The minimum absolute atomic E-state index is 0.260. The fourth-order valence-corrected chi connectivity index (χ4v) is 3.49. The number of aromatic nitrogens is 2. The van der Waals surface area contributed by atoms with Crippen LogP contribution in [-0.4, -0.2) is 73.1 Å². The van der Waals surface area contributed by atoms with E-state index in [0.717, 1.165) is 51.9 Å². The molecule has 1 aromatic heterocycles. The van der Waals surface area contributed by atoms with E-state index >= 15 is 0 Å². The van der Waals surface area contributed by atoms with Crippen LogP contribution in [0.15, 0.2) is 29.3 Å². The summed E-state index contributed by atoms with van der Waals surface area (Å²) in [5.74, 6) is 0.696. The van der Waals surface area contributed by atoms with E-state index in [-0.39, 0.29) is 11.6 Å². The first-order chi connectivity index (χ1) is 15.6. The minimum Gasteiger partial charge on any atom is -0.382 e. The Morgan fingerprint density at radius 3 is 2.72 bits per heavy atom. The summed E-state index contributed by atoms with van der Waals surface area (Å²) in [6.07, 6.45) is 1.28. The highest BCUT2D eigenvalue weighted by Gasteiger charge is 2.16. The molecule has 0 saturated carbocycles. The number of guanidine groups is 1. The Morgan fingerprint density at radius 1 is 1.28 bits per heavy atom. The second-order valence-electron chi connectivity index (χ2n) is 7.45. The van der Waals surface area contributed by atoms with Crippen LogP contribution < -0.4 is 16.4 Å². The maximum absolute atomic E-state index is 13.2. The first-order valence-electron chi connectivity index (χ1n) is 11.0. The molecular weight excluding hydrogens is 411 g/mol. The van der Waals surface area contributed by atoms with E-state index in [1.54, 1.807) is 12.1 Å². The second-order valence-corrected chi connectivity index (χ2v) is 7.45. The number of morpholine rings is 1. The van der Waals surface area contributed by atoms with Crippen LogP contribution in [0.5, 0.6) is 0 Å². The van der Waals surface area contributed by atoms with E-state index in [1.807, 2.05) is 6.92 Å². The molecule has 9 nitrogen and oxygen atoms in total.